The van der Waals surface area contributed by atoms with Gasteiger partial charge in [0.05, 0.1) is 30.6 Å². The Balaban J connectivity index is 1.73. The van der Waals surface area contributed by atoms with E-state index in [2.05, 4.69) is 21.6 Å². The van der Waals surface area contributed by atoms with E-state index in [9.17, 15) is 4.79 Å². The first-order chi connectivity index (χ1) is 9.84. The lowest BCUT2D eigenvalue weighted by molar-refractivity contribution is -0.117. The van der Waals surface area contributed by atoms with Crippen LogP contribution in [0.1, 0.15) is 12.8 Å². The zero-order valence-electron chi connectivity index (χ0n) is 11.6. The van der Waals surface area contributed by atoms with E-state index in [1.807, 2.05) is 18.2 Å². The average Bonchev–Trinajstić information content (AvgIpc) is 3.03. The van der Waals surface area contributed by atoms with Gasteiger partial charge >= 0.3 is 0 Å². The van der Waals surface area contributed by atoms with Crippen molar-refractivity contribution in [3.05, 3.63) is 24.3 Å². The van der Waals surface area contributed by atoms with Crippen molar-refractivity contribution in [1.29, 1.82) is 0 Å². The van der Waals surface area contributed by atoms with Gasteiger partial charge in [-0.25, -0.2) is 0 Å². The highest BCUT2D eigenvalue weighted by Crippen LogP contribution is 2.26. The van der Waals surface area contributed by atoms with Gasteiger partial charge in [-0.3, -0.25) is 4.79 Å². The summed E-state index contributed by atoms with van der Waals surface area (Å²) in [6, 6.07) is 7.95. The summed E-state index contributed by atoms with van der Waals surface area (Å²) >= 11 is 0. The van der Waals surface area contributed by atoms with Crippen molar-refractivity contribution in [3.8, 4) is 0 Å². The molecule has 2 aliphatic heterocycles. The van der Waals surface area contributed by atoms with Gasteiger partial charge in [0.1, 0.15) is 0 Å². The van der Waals surface area contributed by atoms with Gasteiger partial charge in [0.15, 0.2) is 0 Å². The van der Waals surface area contributed by atoms with Crippen molar-refractivity contribution >= 4 is 17.3 Å². The third-order valence-corrected chi connectivity index (χ3v) is 3.89. The Kier molecular flexibility index (Phi) is 4.18. The maximum atomic E-state index is 12.2. The molecule has 1 unspecified atom stereocenters. The summed E-state index contributed by atoms with van der Waals surface area (Å²) in [6.07, 6.45) is 1.99. The number of rotatable bonds is 3. The molecule has 3 rings (SSSR count). The first kappa shape index (κ1) is 13.4. The summed E-state index contributed by atoms with van der Waals surface area (Å²) in [5, 5.41) is 6.30. The molecule has 2 aliphatic rings. The SMILES string of the molecule is O=C(Nc1ccccc1N1CCOCC1)C1CCCN1. The van der Waals surface area contributed by atoms with Gasteiger partial charge in [0.25, 0.3) is 0 Å². The second-order valence-electron chi connectivity index (χ2n) is 5.25. The van der Waals surface area contributed by atoms with Crippen molar-refractivity contribution in [1.82, 2.24) is 5.32 Å². The second kappa shape index (κ2) is 6.24. The lowest BCUT2D eigenvalue weighted by atomic mass is 10.2. The molecule has 20 heavy (non-hydrogen) atoms. The van der Waals surface area contributed by atoms with E-state index in [4.69, 9.17) is 4.74 Å². The molecule has 1 atom stereocenters. The maximum Gasteiger partial charge on any atom is 0.241 e. The summed E-state index contributed by atoms with van der Waals surface area (Å²) in [7, 11) is 0. The molecule has 0 bridgehead atoms. The van der Waals surface area contributed by atoms with Crippen LogP contribution in [0, 0.1) is 0 Å². The van der Waals surface area contributed by atoms with Gasteiger partial charge in [-0.05, 0) is 31.5 Å². The fraction of sp³-hybridized carbons (Fsp3) is 0.533. The summed E-state index contributed by atoms with van der Waals surface area (Å²) in [5.74, 6) is 0.0724. The Bertz CT molecular complexity index is 466. The molecule has 1 amide bonds. The van der Waals surface area contributed by atoms with Crippen molar-refractivity contribution < 1.29 is 9.53 Å². The highest BCUT2D eigenvalue weighted by atomic mass is 16.5. The number of hydrogen-bond acceptors (Lipinski definition) is 4. The fourth-order valence-electron chi connectivity index (χ4n) is 2.79. The van der Waals surface area contributed by atoms with Crippen LogP contribution in [0.25, 0.3) is 0 Å². The minimum atomic E-state index is -0.0484. The molecule has 5 nitrogen and oxygen atoms in total. The molecule has 0 saturated carbocycles. The summed E-state index contributed by atoms with van der Waals surface area (Å²) in [5.41, 5.74) is 1.98. The van der Waals surface area contributed by atoms with Crippen LogP contribution < -0.4 is 15.5 Å². The lowest BCUT2D eigenvalue weighted by Gasteiger charge is -2.30. The van der Waals surface area contributed by atoms with Crippen molar-refractivity contribution in [2.45, 2.75) is 18.9 Å². The quantitative estimate of drug-likeness (QED) is 0.871. The number of nitrogens with zero attached hydrogens (tertiary/aromatic N) is 1. The topological polar surface area (TPSA) is 53.6 Å². The molecule has 108 valence electrons. The smallest absolute Gasteiger partial charge is 0.241 e. The molecule has 1 aromatic rings. The standard InChI is InChI=1S/C15H21N3O2/c19-15(13-5-3-7-16-13)17-12-4-1-2-6-14(12)18-8-10-20-11-9-18/h1-2,4,6,13,16H,3,5,7-11H2,(H,17,19). The van der Waals surface area contributed by atoms with E-state index in [0.29, 0.717) is 0 Å². The van der Waals surface area contributed by atoms with Gasteiger partial charge in [0.2, 0.25) is 5.91 Å². The van der Waals surface area contributed by atoms with Gasteiger partial charge in [0, 0.05) is 13.1 Å². The third-order valence-electron chi connectivity index (χ3n) is 3.89. The van der Waals surface area contributed by atoms with E-state index in [0.717, 1.165) is 57.1 Å². The lowest BCUT2D eigenvalue weighted by Crippen LogP contribution is -2.38. The normalized spacial score (nSPS) is 22.8. The molecule has 0 radical (unpaired) electrons. The molecular weight excluding hydrogens is 254 g/mol. The maximum absolute atomic E-state index is 12.2. The predicted molar refractivity (Wildman–Crippen MR) is 79.1 cm³/mol. The number of anilines is 2. The minimum absolute atomic E-state index is 0.0484. The Hall–Kier alpha value is -1.59. The first-order valence-corrected chi connectivity index (χ1v) is 7.30. The largest absolute Gasteiger partial charge is 0.378 e. The zero-order chi connectivity index (χ0) is 13.8. The number of benzene rings is 1. The van der Waals surface area contributed by atoms with Crippen LogP contribution in [-0.2, 0) is 9.53 Å². The number of carbonyl (C=O) groups is 1. The molecule has 0 aliphatic carbocycles. The van der Waals surface area contributed by atoms with E-state index < -0.39 is 0 Å². The molecule has 0 aromatic heterocycles. The number of carbonyl (C=O) groups excluding carboxylic acids is 1. The summed E-state index contributed by atoms with van der Waals surface area (Å²) < 4.78 is 5.38. The minimum Gasteiger partial charge on any atom is -0.378 e. The number of hydrogen-bond donors (Lipinski definition) is 2. The van der Waals surface area contributed by atoms with Crippen LogP contribution in [0.3, 0.4) is 0 Å². The fourth-order valence-corrected chi connectivity index (χ4v) is 2.79. The second-order valence-corrected chi connectivity index (χ2v) is 5.25. The summed E-state index contributed by atoms with van der Waals surface area (Å²) in [6.45, 7) is 4.16. The van der Waals surface area contributed by atoms with Gasteiger partial charge in [-0.2, -0.15) is 0 Å². The first-order valence-electron chi connectivity index (χ1n) is 7.30. The van der Waals surface area contributed by atoms with E-state index in [-0.39, 0.29) is 11.9 Å². The van der Waals surface area contributed by atoms with Crippen LogP contribution in [-0.4, -0.2) is 44.8 Å². The van der Waals surface area contributed by atoms with Crippen LogP contribution in [0.4, 0.5) is 11.4 Å². The van der Waals surface area contributed by atoms with Crippen LogP contribution in [0.5, 0.6) is 0 Å². The van der Waals surface area contributed by atoms with Gasteiger partial charge < -0.3 is 20.3 Å². The number of ether oxygens (including phenoxy) is 1. The molecule has 1 aromatic carbocycles. The molecular formula is C15H21N3O2. The molecule has 2 saturated heterocycles. The van der Waals surface area contributed by atoms with E-state index in [1.54, 1.807) is 0 Å². The van der Waals surface area contributed by atoms with Gasteiger partial charge in [-0.1, -0.05) is 12.1 Å². The van der Waals surface area contributed by atoms with Crippen molar-refractivity contribution in [3.63, 3.8) is 0 Å². The number of para-hydroxylation sites is 2. The van der Waals surface area contributed by atoms with Crippen LogP contribution in [0.2, 0.25) is 0 Å². The number of nitrogens with one attached hydrogen (secondary N) is 2. The van der Waals surface area contributed by atoms with E-state index in [1.165, 1.54) is 0 Å². The number of amides is 1. The summed E-state index contributed by atoms with van der Waals surface area (Å²) in [4.78, 5) is 14.5. The number of morpholine rings is 1. The highest BCUT2D eigenvalue weighted by Gasteiger charge is 2.23. The Morgan fingerprint density at radius 1 is 1.30 bits per heavy atom. The molecule has 2 fully saturated rings. The predicted octanol–water partition coefficient (Wildman–Crippen LogP) is 1.21. The zero-order valence-corrected chi connectivity index (χ0v) is 11.6. The third kappa shape index (κ3) is 2.94. The Morgan fingerprint density at radius 3 is 2.85 bits per heavy atom. The molecule has 2 heterocycles. The van der Waals surface area contributed by atoms with Crippen LogP contribution in [0.15, 0.2) is 24.3 Å². The van der Waals surface area contributed by atoms with Crippen molar-refractivity contribution in [2.75, 3.05) is 43.1 Å². The Morgan fingerprint density at radius 2 is 2.10 bits per heavy atom. The Labute approximate surface area is 119 Å². The van der Waals surface area contributed by atoms with Crippen molar-refractivity contribution in [2.24, 2.45) is 0 Å². The molecule has 2 N–H and O–H groups in total. The molecule has 0 spiro atoms. The van der Waals surface area contributed by atoms with Crippen LogP contribution >= 0.6 is 0 Å². The average molecular weight is 275 g/mol. The van der Waals surface area contributed by atoms with Gasteiger partial charge in [-0.15, -0.1) is 0 Å². The molecule has 5 heteroatoms. The van der Waals surface area contributed by atoms with E-state index >= 15 is 0 Å². The monoisotopic (exact) mass is 275 g/mol. The highest BCUT2D eigenvalue weighted by molar-refractivity contribution is 5.97.